The maximum atomic E-state index is 9.17. The van der Waals surface area contributed by atoms with Gasteiger partial charge in [0.1, 0.15) is 6.07 Å². The van der Waals surface area contributed by atoms with Gasteiger partial charge in [-0.1, -0.05) is 18.2 Å². The second kappa shape index (κ2) is 5.33. The van der Waals surface area contributed by atoms with Gasteiger partial charge < -0.3 is 4.90 Å². The normalized spacial score (nSPS) is 9.83. The van der Waals surface area contributed by atoms with Gasteiger partial charge in [-0.25, -0.2) is 0 Å². The molecule has 0 radical (unpaired) electrons. The van der Waals surface area contributed by atoms with Crippen molar-refractivity contribution in [2.45, 2.75) is 13.8 Å². The third-order valence-corrected chi connectivity index (χ3v) is 2.93. The Morgan fingerprint density at radius 2 is 2.00 bits per heavy atom. The fraction of sp³-hybridized carbons (Fsp3) is 0.200. The Morgan fingerprint density at radius 3 is 2.67 bits per heavy atom. The molecule has 0 saturated heterocycles. The summed E-state index contributed by atoms with van der Waals surface area (Å²) in [5.74, 6) is 0. The van der Waals surface area contributed by atoms with Crippen LogP contribution in [0.3, 0.4) is 0 Å². The van der Waals surface area contributed by atoms with Crippen LogP contribution in [0, 0.1) is 18.3 Å². The van der Waals surface area contributed by atoms with E-state index in [1.54, 1.807) is 18.5 Å². The minimum atomic E-state index is 0.648. The van der Waals surface area contributed by atoms with E-state index < -0.39 is 0 Å². The van der Waals surface area contributed by atoms with Crippen molar-refractivity contribution in [3.63, 3.8) is 0 Å². The molecule has 0 aliphatic heterocycles. The van der Waals surface area contributed by atoms with Crippen LogP contribution in [0.25, 0.3) is 0 Å². The third-order valence-electron chi connectivity index (χ3n) is 2.93. The molecule has 1 aromatic heterocycles. The molecule has 0 atom stereocenters. The molecule has 0 amide bonds. The molecular weight excluding hydrogens is 222 g/mol. The quantitative estimate of drug-likeness (QED) is 0.821. The lowest BCUT2D eigenvalue weighted by atomic mass is 10.1. The minimum Gasteiger partial charge on any atom is -0.339 e. The summed E-state index contributed by atoms with van der Waals surface area (Å²) in [6, 6.07) is 12.1. The molecule has 3 heteroatoms. The van der Waals surface area contributed by atoms with E-state index in [0.717, 1.165) is 17.9 Å². The van der Waals surface area contributed by atoms with E-state index in [-0.39, 0.29) is 0 Å². The summed E-state index contributed by atoms with van der Waals surface area (Å²) in [7, 11) is 0. The largest absolute Gasteiger partial charge is 0.339 e. The van der Waals surface area contributed by atoms with E-state index in [1.807, 2.05) is 12.1 Å². The summed E-state index contributed by atoms with van der Waals surface area (Å²) in [6.07, 6.45) is 3.39. The van der Waals surface area contributed by atoms with E-state index in [9.17, 15) is 5.26 Å². The van der Waals surface area contributed by atoms with Crippen molar-refractivity contribution in [2.75, 3.05) is 11.4 Å². The maximum Gasteiger partial charge on any atom is 0.101 e. The number of hydrogen-bond donors (Lipinski definition) is 0. The zero-order valence-corrected chi connectivity index (χ0v) is 10.6. The molecule has 0 saturated carbocycles. The van der Waals surface area contributed by atoms with E-state index in [1.165, 1.54) is 5.56 Å². The third kappa shape index (κ3) is 2.18. The number of rotatable bonds is 3. The SMILES string of the molecule is CCN(c1ccccc1C)c1cnccc1C#N. The molecule has 18 heavy (non-hydrogen) atoms. The first-order valence-corrected chi connectivity index (χ1v) is 5.95. The van der Waals surface area contributed by atoms with Crippen LogP contribution < -0.4 is 4.90 Å². The lowest BCUT2D eigenvalue weighted by molar-refractivity contribution is 1.00. The predicted octanol–water partition coefficient (Wildman–Crippen LogP) is 3.42. The predicted molar refractivity (Wildman–Crippen MR) is 72.8 cm³/mol. The van der Waals surface area contributed by atoms with Gasteiger partial charge in [0.05, 0.1) is 17.4 Å². The number of aromatic nitrogens is 1. The summed E-state index contributed by atoms with van der Waals surface area (Å²) in [5, 5.41) is 9.17. The number of nitrogens with zero attached hydrogens (tertiary/aromatic N) is 3. The fourth-order valence-corrected chi connectivity index (χ4v) is 2.03. The molecule has 0 aliphatic rings. The van der Waals surface area contributed by atoms with Gasteiger partial charge >= 0.3 is 0 Å². The summed E-state index contributed by atoms with van der Waals surface area (Å²) < 4.78 is 0. The van der Waals surface area contributed by atoms with Gasteiger partial charge in [-0.3, -0.25) is 4.98 Å². The number of benzene rings is 1. The number of nitriles is 1. The second-order valence-corrected chi connectivity index (χ2v) is 4.04. The smallest absolute Gasteiger partial charge is 0.101 e. The van der Waals surface area contributed by atoms with Crippen molar-refractivity contribution in [1.82, 2.24) is 4.98 Å². The number of hydrogen-bond acceptors (Lipinski definition) is 3. The number of pyridine rings is 1. The van der Waals surface area contributed by atoms with Crippen molar-refractivity contribution in [1.29, 1.82) is 5.26 Å². The summed E-state index contributed by atoms with van der Waals surface area (Å²) in [6.45, 7) is 4.94. The molecular formula is C15H15N3. The molecule has 1 aromatic carbocycles. The summed E-state index contributed by atoms with van der Waals surface area (Å²) >= 11 is 0. The fourth-order valence-electron chi connectivity index (χ4n) is 2.03. The Morgan fingerprint density at radius 1 is 1.22 bits per heavy atom. The lowest BCUT2D eigenvalue weighted by Crippen LogP contribution is -2.18. The van der Waals surface area contributed by atoms with Crippen LogP contribution in [0.4, 0.5) is 11.4 Å². The summed E-state index contributed by atoms with van der Waals surface area (Å²) in [5.41, 5.74) is 3.81. The molecule has 1 heterocycles. The zero-order chi connectivity index (χ0) is 13.0. The van der Waals surface area contributed by atoms with E-state index >= 15 is 0 Å². The van der Waals surface area contributed by atoms with Crippen molar-refractivity contribution >= 4 is 11.4 Å². The highest BCUT2D eigenvalue weighted by atomic mass is 15.1. The van der Waals surface area contributed by atoms with E-state index in [2.05, 4.69) is 41.9 Å². The van der Waals surface area contributed by atoms with E-state index in [0.29, 0.717) is 5.56 Å². The average molecular weight is 237 g/mol. The summed E-state index contributed by atoms with van der Waals surface area (Å²) in [4.78, 5) is 6.24. The van der Waals surface area contributed by atoms with E-state index in [4.69, 9.17) is 0 Å². The first-order chi connectivity index (χ1) is 8.77. The molecule has 2 rings (SSSR count). The first-order valence-electron chi connectivity index (χ1n) is 5.95. The van der Waals surface area contributed by atoms with Gasteiger partial charge in [-0.15, -0.1) is 0 Å². The standard InChI is InChI=1S/C15H15N3/c1-3-18(14-7-5-4-6-12(14)2)15-11-17-9-8-13(15)10-16/h4-9,11H,3H2,1-2H3. The molecule has 2 aromatic rings. The highest BCUT2D eigenvalue weighted by Crippen LogP contribution is 2.29. The highest BCUT2D eigenvalue weighted by Gasteiger charge is 2.13. The molecule has 90 valence electrons. The van der Waals surface area contributed by atoms with Crippen LogP contribution in [0.1, 0.15) is 18.1 Å². The van der Waals surface area contributed by atoms with Crippen molar-refractivity contribution < 1.29 is 0 Å². The number of para-hydroxylation sites is 1. The van der Waals surface area contributed by atoms with Crippen molar-refractivity contribution in [3.8, 4) is 6.07 Å². The molecule has 0 N–H and O–H groups in total. The molecule has 0 spiro atoms. The molecule has 0 aliphatic carbocycles. The Hall–Kier alpha value is -2.34. The molecule has 0 fully saturated rings. The maximum absolute atomic E-state index is 9.17. The Kier molecular flexibility index (Phi) is 3.59. The van der Waals surface area contributed by atoms with Crippen LogP contribution in [0.2, 0.25) is 0 Å². The number of aryl methyl sites for hydroxylation is 1. The molecule has 3 nitrogen and oxygen atoms in total. The van der Waals surface area contributed by atoms with Crippen molar-refractivity contribution in [2.24, 2.45) is 0 Å². The van der Waals surface area contributed by atoms with Crippen molar-refractivity contribution in [3.05, 3.63) is 53.9 Å². The topological polar surface area (TPSA) is 39.9 Å². The zero-order valence-electron chi connectivity index (χ0n) is 10.6. The molecule has 0 unspecified atom stereocenters. The lowest BCUT2D eigenvalue weighted by Gasteiger charge is -2.25. The van der Waals surface area contributed by atoms with Gasteiger partial charge in [-0.05, 0) is 31.5 Å². The van der Waals surface area contributed by atoms with Gasteiger partial charge in [0.25, 0.3) is 0 Å². The second-order valence-electron chi connectivity index (χ2n) is 4.04. The van der Waals surface area contributed by atoms with Gasteiger partial charge in [-0.2, -0.15) is 5.26 Å². The van der Waals surface area contributed by atoms with Crippen LogP contribution in [0.5, 0.6) is 0 Å². The van der Waals surface area contributed by atoms with Gasteiger partial charge in [0.2, 0.25) is 0 Å². The first kappa shape index (κ1) is 12.1. The number of anilines is 2. The minimum absolute atomic E-state index is 0.648. The van der Waals surface area contributed by atoms with Crippen LogP contribution in [0.15, 0.2) is 42.7 Å². The highest BCUT2D eigenvalue weighted by molar-refractivity contribution is 5.70. The van der Waals surface area contributed by atoms with Gasteiger partial charge in [0, 0.05) is 18.4 Å². The Bertz CT molecular complexity index is 584. The van der Waals surface area contributed by atoms with Crippen LogP contribution >= 0.6 is 0 Å². The molecule has 0 bridgehead atoms. The van der Waals surface area contributed by atoms with Crippen LogP contribution in [-0.4, -0.2) is 11.5 Å². The van der Waals surface area contributed by atoms with Gasteiger partial charge in [0.15, 0.2) is 0 Å². The Labute approximate surface area is 107 Å². The Balaban J connectivity index is 2.53. The average Bonchev–Trinajstić information content (AvgIpc) is 2.42. The van der Waals surface area contributed by atoms with Crippen LogP contribution in [-0.2, 0) is 0 Å². The monoisotopic (exact) mass is 237 g/mol.